The molecule has 1 amide bonds. The number of hydrogen-bond acceptors (Lipinski definition) is 3. The van der Waals surface area contributed by atoms with E-state index in [1.54, 1.807) is 6.92 Å². The van der Waals surface area contributed by atoms with Crippen LogP contribution in [0.25, 0.3) is 0 Å². The van der Waals surface area contributed by atoms with Crippen LogP contribution in [0.15, 0.2) is 0 Å². The second-order valence-electron chi connectivity index (χ2n) is 2.14. The van der Waals surface area contributed by atoms with Gasteiger partial charge in [0.25, 0.3) is 0 Å². The molecular weight excluding hydrogens is 120 g/mol. The van der Waals surface area contributed by atoms with Crippen molar-refractivity contribution >= 4 is 5.91 Å². The fraction of sp³-hybridized carbons (Fsp3) is 0.800. The number of amides is 1. The van der Waals surface area contributed by atoms with Crippen LogP contribution in [-0.4, -0.2) is 17.2 Å². The molecule has 4 nitrogen and oxygen atoms in total. The molecule has 0 aliphatic carbocycles. The van der Waals surface area contributed by atoms with Crippen molar-refractivity contribution in [1.29, 1.82) is 0 Å². The third-order valence-corrected chi connectivity index (χ3v) is 1.11. The summed E-state index contributed by atoms with van der Waals surface area (Å²) in [5.74, 6) is -0.686. The number of aliphatic hydroxyl groups excluding tert-OH is 1. The Hall–Kier alpha value is -0.610. The first-order chi connectivity index (χ1) is 4.04. The third kappa shape index (κ3) is 3.93. The van der Waals surface area contributed by atoms with Crippen LogP contribution in [0.5, 0.6) is 0 Å². The van der Waals surface area contributed by atoms with Gasteiger partial charge in [0.15, 0.2) is 0 Å². The van der Waals surface area contributed by atoms with Crippen LogP contribution in [-0.2, 0) is 4.79 Å². The molecule has 0 saturated carbocycles. The predicted molar refractivity (Wildman–Crippen MR) is 33.2 cm³/mol. The van der Waals surface area contributed by atoms with E-state index >= 15 is 0 Å². The summed E-state index contributed by atoms with van der Waals surface area (Å²) in [7, 11) is 0. The summed E-state index contributed by atoms with van der Waals surface area (Å²) in [5, 5.41) is 8.64. The molecule has 0 bridgehead atoms. The zero-order valence-corrected chi connectivity index (χ0v) is 5.37. The van der Waals surface area contributed by atoms with Gasteiger partial charge >= 0.3 is 0 Å². The molecule has 0 rings (SSSR count). The molecule has 2 atom stereocenters. The topological polar surface area (TPSA) is 89.3 Å². The van der Waals surface area contributed by atoms with Crippen LogP contribution >= 0.6 is 0 Å². The summed E-state index contributed by atoms with van der Waals surface area (Å²) in [4.78, 5) is 10.2. The number of carbonyl (C=O) groups excluding carboxylic acids is 1. The van der Waals surface area contributed by atoms with E-state index < -0.39 is 12.1 Å². The molecule has 0 aromatic rings. The van der Waals surface area contributed by atoms with Gasteiger partial charge < -0.3 is 16.6 Å². The second-order valence-corrected chi connectivity index (χ2v) is 2.14. The maximum absolute atomic E-state index is 10.2. The number of nitrogens with two attached hydrogens (primary N) is 2. The minimum Gasteiger partial charge on any atom is -0.379 e. The maximum atomic E-state index is 10.2. The van der Waals surface area contributed by atoms with E-state index in [-0.39, 0.29) is 12.3 Å². The van der Waals surface area contributed by atoms with Gasteiger partial charge in [-0.1, -0.05) is 6.92 Å². The largest absolute Gasteiger partial charge is 0.379 e. The van der Waals surface area contributed by atoms with Gasteiger partial charge in [-0.2, -0.15) is 0 Å². The molecule has 0 spiro atoms. The van der Waals surface area contributed by atoms with Crippen molar-refractivity contribution in [3.8, 4) is 0 Å². The molecule has 0 aliphatic rings. The van der Waals surface area contributed by atoms with Gasteiger partial charge in [-0.15, -0.1) is 0 Å². The highest BCUT2D eigenvalue weighted by molar-refractivity contribution is 5.73. The Kier molecular flexibility index (Phi) is 3.19. The molecule has 9 heavy (non-hydrogen) atoms. The van der Waals surface area contributed by atoms with Crippen molar-refractivity contribution in [1.82, 2.24) is 0 Å². The standard InChI is InChI=1S/C5H12N2O2/c1-3(5(7)9)2-4(6)8/h3,5,9H,2,7H2,1H3,(H2,6,8). The quantitative estimate of drug-likeness (QED) is 0.420. The number of hydrogen-bond donors (Lipinski definition) is 3. The van der Waals surface area contributed by atoms with E-state index in [9.17, 15) is 4.79 Å². The third-order valence-electron chi connectivity index (χ3n) is 1.11. The summed E-state index contributed by atoms with van der Waals surface area (Å²) in [5.41, 5.74) is 9.86. The van der Waals surface area contributed by atoms with Crippen molar-refractivity contribution in [2.45, 2.75) is 19.6 Å². The summed E-state index contributed by atoms with van der Waals surface area (Å²) in [6.07, 6.45) is -0.810. The van der Waals surface area contributed by atoms with E-state index in [1.807, 2.05) is 0 Å². The van der Waals surface area contributed by atoms with Gasteiger partial charge in [0, 0.05) is 12.3 Å². The average Bonchev–Trinajstić information content (AvgIpc) is 1.63. The molecule has 0 fully saturated rings. The van der Waals surface area contributed by atoms with E-state index in [0.717, 1.165) is 0 Å². The van der Waals surface area contributed by atoms with Gasteiger partial charge in [0.05, 0.1) is 0 Å². The van der Waals surface area contributed by atoms with Crippen molar-refractivity contribution in [3.63, 3.8) is 0 Å². The monoisotopic (exact) mass is 132 g/mol. The highest BCUT2D eigenvalue weighted by Crippen LogP contribution is 2.01. The highest BCUT2D eigenvalue weighted by atomic mass is 16.3. The Labute approximate surface area is 53.8 Å². The smallest absolute Gasteiger partial charge is 0.217 e. The van der Waals surface area contributed by atoms with Gasteiger partial charge in [-0.05, 0) is 0 Å². The zero-order chi connectivity index (χ0) is 7.44. The van der Waals surface area contributed by atoms with Crippen molar-refractivity contribution in [2.75, 3.05) is 0 Å². The highest BCUT2D eigenvalue weighted by Gasteiger charge is 2.10. The van der Waals surface area contributed by atoms with Crippen molar-refractivity contribution < 1.29 is 9.90 Å². The molecule has 54 valence electrons. The van der Waals surface area contributed by atoms with Crippen LogP contribution < -0.4 is 11.5 Å². The Morgan fingerprint density at radius 1 is 1.78 bits per heavy atom. The minimum absolute atomic E-state index is 0.137. The molecular formula is C5H12N2O2. The Morgan fingerprint density at radius 3 is 2.33 bits per heavy atom. The number of rotatable bonds is 3. The van der Waals surface area contributed by atoms with Crippen LogP contribution in [0.2, 0.25) is 0 Å². The Morgan fingerprint density at radius 2 is 2.22 bits per heavy atom. The molecule has 5 N–H and O–H groups in total. The minimum atomic E-state index is -0.947. The molecule has 0 aromatic heterocycles. The van der Waals surface area contributed by atoms with E-state index in [0.29, 0.717) is 0 Å². The lowest BCUT2D eigenvalue weighted by atomic mass is 10.1. The van der Waals surface area contributed by atoms with Gasteiger partial charge in [0.2, 0.25) is 5.91 Å². The lowest BCUT2D eigenvalue weighted by Gasteiger charge is -2.10. The molecule has 4 heteroatoms. The van der Waals surface area contributed by atoms with E-state index in [4.69, 9.17) is 16.6 Å². The first kappa shape index (κ1) is 8.39. The number of primary amides is 1. The molecule has 0 aliphatic heterocycles. The zero-order valence-electron chi connectivity index (χ0n) is 5.37. The Bertz CT molecular complexity index is 103. The normalized spacial score (nSPS) is 16.8. The summed E-state index contributed by atoms with van der Waals surface area (Å²) < 4.78 is 0. The fourth-order valence-electron chi connectivity index (χ4n) is 0.438. The van der Waals surface area contributed by atoms with E-state index in [1.165, 1.54) is 0 Å². The first-order valence-electron chi connectivity index (χ1n) is 2.76. The molecule has 0 aromatic carbocycles. The summed E-state index contributed by atoms with van der Waals surface area (Å²) >= 11 is 0. The van der Waals surface area contributed by atoms with Gasteiger partial charge in [0.1, 0.15) is 6.23 Å². The average molecular weight is 132 g/mol. The summed E-state index contributed by atoms with van der Waals surface area (Å²) in [6.45, 7) is 1.66. The number of aliphatic hydroxyl groups is 1. The molecule has 0 heterocycles. The van der Waals surface area contributed by atoms with Crippen molar-refractivity contribution in [2.24, 2.45) is 17.4 Å². The fourth-order valence-corrected chi connectivity index (χ4v) is 0.438. The molecule has 2 unspecified atom stereocenters. The molecule has 0 saturated heterocycles. The lowest BCUT2D eigenvalue weighted by Crippen LogP contribution is -2.30. The van der Waals surface area contributed by atoms with Crippen LogP contribution in [0.3, 0.4) is 0 Å². The lowest BCUT2D eigenvalue weighted by molar-refractivity contribution is -0.119. The van der Waals surface area contributed by atoms with E-state index in [2.05, 4.69) is 0 Å². The van der Waals surface area contributed by atoms with Gasteiger partial charge in [-0.25, -0.2) is 0 Å². The van der Waals surface area contributed by atoms with Gasteiger partial charge in [-0.3, -0.25) is 4.79 Å². The van der Waals surface area contributed by atoms with Crippen LogP contribution in [0, 0.1) is 5.92 Å². The predicted octanol–water partition coefficient (Wildman–Crippen LogP) is -1.22. The molecule has 0 radical (unpaired) electrons. The first-order valence-corrected chi connectivity index (χ1v) is 2.76. The van der Waals surface area contributed by atoms with Crippen LogP contribution in [0.1, 0.15) is 13.3 Å². The van der Waals surface area contributed by atoms with Crippen molar-refractivity contribution in [3.05, 3.63) is 0 Å². The summed E-state index contributed by atoms with van der Waals surface area (Å²) in [6, 6.07) is 0. The SMILES string of the molecule is CC(CC(N)=O)C(N)O. The maximum Gasteiger partial charge on any atom is 0.217 e. The second kappa shape index (κ2) is 3.42. The number of carbonyl (C=O) groups is 1. The van der Waals surface area contributed by atoms with Crippen LogP contribution in [0.4, 0.5) is 0 Å². The Balaban J connectivity index is 3.50.